The summed E-state index contributed by atoms with van der Waals surface area (Å²) in [6.45, 7) is 7.12. The number of benzene rings is 1. The fourth-order valence-corrected chi connectivity index (χ4v) is 3.05. The molecule has 0 saturated carbocycles. The monoisotopic (exact) mass is 381 g/mol. The maximum absolute atomic E-state index is 13.1. The molecule has 28 heavy (non-hydrogen) atoms. The van der Waals surface area contributed by atoms with Crippen LogP contribution in [0.1, 0.15) is 53.6 Å². The summed E-state index contributed by atoms with van der Waals surface area (Å²) in [5.74, 6) is -0.700. The van der Waals surface area contributed by atoms with Crippen LogP contribution in [0.5, 0.6) is 0 Å². The average Bonchev–Trinajstić information content (AvgIpc) is 3.01. The normalized spacial score (nSPS) is 12.2. The number of fused-ring (bicyclic) bond motifs is 1. The lowest BCUT2D eigenvalue weighted by molar-refractivity contribution is -0.147. The summed E-state index contributed by atoms with van der Waals surface area (Å²) >= 11 is 0. The van der Waals surface area contributed by atoms with Crippen molar-refractivity contribution in [2.75, 3.05) is 0 Å². The maximum atomic E-state index is 13.1. The second kappa shape index (κ2) is 8.21. The van der Waals surface area contributed by atoms with Gasteiger partial charge in [0, 0.05) is 5.69 Å². The molecule has 7 nitrogen and oxygen atoms in total. The van der Waals surface area contributed by atoms with Crippen molar-refractivity contribution in [2.45, 2.75) is 46.3 Å². The van der Waals surface area contributed by atoms with Gasteiger partial charge >= 0.3 is 5.97 Å². The number of aromatic nitrogens is 2. The van der Waals surface area contributed by atoms with Gasteiger partial charge in [0.15, 0.2) is 0 Å². The Hall–Kier alpha value is -3.22. The molecule has 0 aliphatic heterocycles. The summed E-state index contributed by atoms with van der Waals surface area (Å²) in [6.07, 6.45) is -0.189. The fraction of sp³-hybridized carbons (Fsp3) is 0.333. The van der Waals surface area contributed by atoms with Crippen molar-refractivity contribution in [2.24, 2.45) is 0 Å². The number of rotatable bonds is 6. The number of esters is 1. The number of hydrogen-bond donors (Lipinski definition) is 1. The molecule has 2 heterocycles. The van der Waals surface area contributed by atoms with Gasteiger partial charge in [-0.05, 0) is 39.3 Å². The van der Waals surface area contributed by atoms with Crippen molar-refractivity contribution in [1.82, 2.24) is 15.5 Å². The van der Waals surface area contributed by atoms with Crippen LogP contribution < -0.4 is 5.32 Å². The van der Waals surface area contributed by atoms with E-state index in [2.05, 4.69) is 15.5 Å². The van der Waals surface area contributed by atoms with Gasteiger partial charge in [0.25, 0.3) is 11.6 Å². The van der Waals surface area contributed by atoms with Gasteiger partial charge in [-0.2, -0.15) is 0 Å². The van der Waals surface area contributed by atoms with Crippen LogP contribution in [0.2, 0.25) is 0 Å². The van der Waals surface area contributed by atoms with Crippen LogP contribution in [-0.2, 0) is 9.53 Å². The number of amides is 1. The zero-order valence-electron chi connectivity index (χ0n) is 16.4. The van der Waals surface area contributed by atoms with Crippen LogP contribution in [0.25, 0.3) is 11.1 Å². The van der Waals surface area contributed by atoms with E-state index in [1.54, 1.807) is 33.8 Å². The van der Waals surface area contributed by atoms with E-state index in [0.717, 1.165) is 5.56 Å². The van der Waals surface area contributed by atoms with Crippen LogP contribution in [0.15, 0.2) is 40.9 Å². The molecule has 1 aromatic carbocycles. The van der Waals surface area contributed by atoms with E-state index >= 15 is 0 Å². The Labute approximate surface area is 163 Å². The van der Waals surface area contributed by atoms with E-state index in [4.69, 9.17) is 9.26 Å². The zero-order valence-corrected chi connectivity index (χ0v) is 16.4. The minimum atomic E-state index is -0.524. The van der Waals surface area contributed by atoms with Gasteiger partial charge in [-0.15, -0.1) is 0 Å². The Bertz CT molecular complexity index is 996. The lowest BCUT2D eigenvalue weighted by Crippen LogP contribution is -2.31. The molecule has 0 saturated heterocycles. The van der Waals surface area contributed by atoms with Crippen LogP contribution in [0.3, 0.4) is 0 Å². The highest BCUT2D eigenvalue weighted by molar-refractivity contribution is 6.06. The van der Waals surface area contributed by atoms with Gasteiger partial charge < -0.3 is 14.6 Å². The molecule has 1 atom stereocenters. The average molecular weight is 381 g/mol. The molecule has 2 aromatic heterocycles. The van der Waals surface area contributed by atoms with Gasteiger partial charge in [0.05, 0.1) is 35.2 Å². The summed E-state index contributed by atoms with van der Waals surface area (Å²) in [7, 11) is 0. The van der Waals surface area contributed by atoms with Gasteiger partial charge in [-0.25, -0.2) is 4.98 Å². The number of hydrogen-bond acceptors (Lipinski definition) is 6. The first kappa shape index (κ1) is 19.5. The molecule has 3 aromatic rings. The Morgan fingerprint density at radius 1 is 1.18 bits per heavy atom. The van der Waals surface area contributed by atoms with Crippen LogP contribution >= 0.6 is 0 Å². The van der Waals surface area contributed by atoms with Gasteiger partial charge in [0.1, 0.15) is 0 Å². The zero-order chi connectivity index (χ0) is 20.3. The van der Waals surface area contributed by atoms with Crippen molar-refractivity contribution in [3.8, 4) is 0 Å². The minimum Gasteiger partial charge on any atom is -0.463 e. The van der Waals surface area contributed by atoms with Crippen molar-refractivity contribution in [3.63, 3.8) is 0 Å². The number of pyridine rings is 1. The molecule has 1 unspecified atom stereocenters. The Balaban J connectivity index is 1.91. The van der Waals surface area contributed by atoms with Crippen LogP contribution in [0, 0.1) is 13.8 Å². The summed E-state index contributed by atoms with van der Waals surface area (Å²) in [4.78, 5) is 29.6. The first-order valence-electron chi connectivity index (χ1n) is 9.14. The van der Waals surface area contributed by atoms with E-state index in [0.29, 0.717) is 28.1 Å². The van der Waals surface area contributed by atoms with Gasteiger partial charge in [-0.3, -0.25) is 9.59 Å². The molecule has 0 aliphatic rings. The Morgan fingerprint density at radius 2 is 1.89 bits per heavy atom. The van der Waals surface area contributed by atoms with E-state index < -0.39 is 6.04 Å². The quantitative estimate of drug-likeness (QED) is 0.655. The second-order valence-corrected chi connectivity index (χ2v) is 6.94. The predicted octanol–water partition coefficient (Wildman–Crippen LogP) is 3.65. The minimum absolute atomic E-state index is 0.0315. The largest absolute Gasteiger partial charge is 0.463 e. The molecular formula is C21H23N3O4. The van der Waals surface area contributed by atoms with E-state index in [-0.39, 0.29) is 24.4 Å². The number of carbonyl (C=O) groups excluding carboxylic acids is 2. The van der Waals surface area contributed by atoms with E-state index in [1.165, 1.54) is 0 Å². The third-order valence-corrected chi connectivity index (χ3v) is 4.24. The number of ether oxygens (including phenoxy) is 1. The van der Waals surface area contributed by atoms with Gasteiger partial charge in [-0.1, -0.05) is 35.5 Å². The molecule has 1 N–H and O–H groups in total. The van der Waals surface area contributed by atoms with Crippen molar-refractivity contribution >= 4 is 23.0 Å². The van der Waals surface area contributed by atoms with Crippen LogP contribution in [-0.4, -0.2) is 28.1 Å². The Kier molecular flexibility index (Phi) is 5.73. The summed E-state index contributed by atoms with van der Waals surface area (Å²) in [5, 5.41) is 7.43. The highest BCUT2D eigenvalue weighted by Crippen LogP contribution is 2.24. The summed E-state index contributed by atoms with van der Waals surface area (Å²) in [5.41, 5.74) is 2.78. The molecule has 3 rings (SSSR count). The summed E-state index contributed by atoms with van der Waals surface area (Å²) < 4.78 is 10.5. The molecule has 0 bridgehead atoms. The standard InChI is InChI=1S/C21H23N3O4/c1-12(2)27-18(25)11-17(15-8-6-5-7-9-15)23-20(26)16-10-13(3)22-21-19(16)14(4)24-28-21/h5-10,12,17H,11H2,1-4H3,(H,23,26). The predicted molar refractivity (Wildman–Crippen MR) is 104 cm³/mol. The molecule has 1 amide bonds. The smallest absolute Gasteiger partial charge is 0.308 e. The highest BCUT2D eigenvalue weighted by Gasteiger charge is 2.23. The highest BCUT2D eigenvalue weighted by atomic mass is 16.5. The molecule has 0 fully saturated rings. The van der Waals surface area contributed by atoms with Crippen LogP contribution in [0.4, 0.5) is 0 Å². The Morgan fingerprint density at radius 3 is 2.57 bits per heavy atom. The van der Waals surface area contributed by atoms with E-state index in [1.807, 2.05) is 30.3 Å². The van der Waals surface area contributed by atoms with Crippen molar-refractivity contribution in [1.29, 1.82) is 0 Å². The molecular weight excluding hydrogens is 358 g/mol. The van der Waals surface area contributed by atoms with Crippen molar-refractivity contribution in [3.05, 3.63) is 58.9 Å². The lowest BCUT2D eigenvalue weighted by atomic mass is 10.0. The topological polar surface area (TPSA) is 94.3 Å². The number of aryl methyl sites for hydroxylation is 2. The van der Waals surface area contributed by atoms with E-state index in [9.17, 15) is 9.59 Å². The maximum Gasteiger partial charge on any atom is 0.308 e. The number of nitrogens with zero attached hydrogens (tertiary/aromatic N) is 2. The first-order valence-corrected chi connectivity index (χ1v) is 9.14. The summed E-state index contributed by atoms with van der Waals surface area (Å²) in [6, 6.07) is 10.5. The molecule has 0 spiro atoms. The lowest BCUT2D eigenvalue weighted by Gasteiger charge is -2.20. The fourth-order valence-electron chi connectivity index (χ4n) is 3.05. The molecule has 0 aliphatic carbocycles. The molecule has 7 heteroatoms. The van der Waals surface area contributed by atoms with Gasteiger partial charge in [0.2, 0.25) is 0 Å². The second-order valence-electron chi connectivity index (χ2n) is 6.94. The number of carbonyl (C=O) groups is 2. The first-order chi connectivity index (χ1) is 13.3. The van der Waals surface area contributed by atoms with Crippen molar-refractivity contribution < 1.29 is 18.8 Å². The third-order valence-electron chi connectivity index (χ3n) is 4.24. The molecule has 146 valence electrons. The third kappa shape index (κ3) is 4.36. The number of nitrogens with one attached hydrogen (secondary N) is 1. The molecule has 0 radical (unpaired) electrons. The SMILES string of the molecule is Cc1cc(C(=O)NC(CC(=O)OC(C)C)c2ccccc2)c2c(C)noc2n1.